The largest absolute Gasteiger partial charge is 0.309 e. The number of benzene rings is 2. The number of hydrogen-bond donors (Lipinski definition) is 1. The lowest BCUT2D eigenvalue weighted by molar-refractivity contribution is 0.662. The van der Waals surface area contributed by atoms with Crippen molar-refractivity contribution >= 4 is 50.9 Å². The molecule has 3 aromatic heterocycles. The van der Waals surface area contributed by atoms with Gasteiger partial charge in [-0.25, -0.2) is 4.98 Å². The van der Waals surface area contributed by atoms with Gasteiger partial charge in [-0.3, -0.25) is 18.6 Å². The van der Waals surface area contributed by atoms with E-state index in [0.717, 1.165) is 11.9 Å². The topological polar surface area (TPSA) is 97.9 Å². The van der Waals surface area contributed by atoms with Crippen LogP contribution < -0.4 is 11.1 Å². The number of nitrogens with zero attached hydrogens (tertiary/aromatic N) is 5. The van der Waals surface area contributed by atoms with Gasteiger partial charge >= 0.3 is 0 Å². The van der Waals surface area contributed by atoms with E-state index in [1.54, 1.807) is 22.8 Å². The quantitative estimate of drug-likeness (QED) is 0.409. The molecule has 3 heterocycles. The van der Waals surface area contributed by atoms with Gasteiger partial charge in [0.25, 0.3) is 11.1 Å². The number of thioether (sulfide) groups is 1. The summed E-state index contributed by atoms with van der Waals surface area (Å²) < 4.78 is 3.53. The van der Waals surface area contributed by atoms with Gasteiger partial charge in [0.2, 0.25) is 5.78 Å². The molecule has 0 bridgehead atoms. The van der Waals surface area contributed by atoms with E-state index in [9.17, 15) is 9.59 Å². The zero-order chi connectivity index (χ0) is 21.5. The molecular weight excluding hydrogens is 436 g/mol. The number of hydrogen-bond acceptors (Lipinski definition) is 6. The molecule has 2 aromatic carbocycles. The maximum Gasteiger partial charge on any atom is 0.262 e. The van der Waals surface area contributed by atoms with Crippen LogP contribution >= 0.6 is 23.4 Å². The predicted octanol–water partition coefficient (Wildman–Crippen LogP) is 3.64. The Morgan fingerprint density at radius 2 is 1.94 bits per heavy atom. The predicted molar refractivity (Wildman–Crippen MR) is 122 cm³/mol. The Morgan fingerprint density at radius 1 is 1.10 bits per heavy atom. The van der Waals surface area contributed by atoms with Gasteiger partial charge in [-0.05, 0) is 36.8 Å². The van der Waals surface area contributed by atoms with Crippen molar-refractivity contribution in [2.24, 2.45) is 0 Å². The van der Waals surface area contributed by atoms with Crippen LogP contribution in [-0.2, 0) is 12.3 Å². The highest BCUT2D eigenvalue weighted by atomic mass is 35.5. The van der Waals surface area contributed by atoms with Crippen LogP contribution in [0.25, 0.3) is 27.6 Å². The van der Waals surface area contributed by atoms with Crippen LogP contribution in [0.15, 0.2) is 57.2 Å². The number of para-hydroxylation sites is 1. The van der Waals surface area contributed by atoms with Crippen LogP contribution in [0.5, 0.6) is 0 Å². The van der Waals surface area contributed by atoms with E-state index in [4.69, 9.17) is 11.6 Å². The Labute approximate surface area is 184 Å². The SMILES string of the molecule is CCCn1c(=O)c2ccccc2n2c(SCc3nc4cc(Cl)ccc4c(=O)[nH]3)nnc12. The molecule has 5 aromatic rings. The van der Waals surface area contributed by atoms with Gasteiger partial charge in [0.1, 0.15) is 5.82 Å². The molecule has 1 N–H and O–H groups in total. The summed E-state index contributed by atoms with van der Waals surface area (Å²) in [5.41, 5.74) is 0.992. The molecule has 0 aliphatic rings. The van der Waals surface area contributed by atoms with Crippen molar-refractivity contribution in [3.63, 3.8) is 0 Å². The normalized spacial score (nSPS) is 11.7. The second-order valence-corrected chi connectivity index (χ2v) is 8.43. The lowest BCUT2D eigenvalue weighted by Gasteiger charge is -2.10. The van der Waals surface area contributed by atoms with E-state index in [1.165, 1.54) is 11.8 Å². The van der Waals surface area contributed by atoms with Gasteiger partial charge in [-0.1, -0.05) is 42.4 Å². The van der Waals surface area contributed by atoms with Gasteiger partial charge in [0.15, 0.2) is 5.16 Å². The molecule has 0 aliphatic heterocycles. The molecule has 156 valence electrons. The van der Waals surface area contributed by atoms with Crippen molar-refractivity contribution in [1.82, 2.24) is 29.1 Å². The van der Waals surface area contributed by atoms with Crippen LogP contribution in [0.1, 0.15) is 19.2 Å². The first kappa shape index (κ1) is 19.8. The van der Waals surface area contributed by atoms with Gasteiger partial charge < -0.3 is 4.98 Å². The van der Waals surface area contributed by atoms with Crippen LogP contribution in [0, 0.1) is 0 Å². The summed E-state index contributed by atoms with van der Waals surface area (Å²) in [7, 11) is 0. The van der Waals surface area contributed by atoms with Crippen LogP contribution in [-0.4, -0.2) is 29.1 Å². The molecule has 0 aliphatic carbocycles. The summed E-state index contributed by atoms with van der Waals surface area (Å²) in [4.78, 5) is 32.7. The lowest BCUT2D eigenvalue weighted by atomic mass is 10.2. The summed E-state index contributed by atoms with van der Waals surface area (Å²) in [6, 6.07) is 12.4. The summed E-state index contributed by atoms with van der Waals surface area (Å²) in [5, 5.41) is 10.8. The van der Waals surface area contributed by atoms with Gasteiger partial charge in [0.05, 0.1) is 27.6 Å². The summed E-state index contributed by atoms with van der Waals surface area (Å²) in [5.74, 6) is 1.38. The highest BCUT2D eigenvalue weighted by Gasteiger charge is 2.17. The first-order valence-corrected chi connectivity index (χ1v) is 11.1. The minimum atomic E-state index is -0.217. The lowest BCUT2D eigenvalue weighted by Crippen LogP contribution is -2.23. The number of aromatic nitrogens is 6. The molecule has 0 spiro atoms. The molecule has 0 saturated heterocycles. The van der Waals surface area contributed by atoms with Crippen LogP contribution in [0.2, 0.25) is 5.02 Å². The molecule has 8 nitrogen and oxygen atoms in total. The maximum absolute atomic E-state index is 12.9. The Hall–Kier alpha value is -3.17. The van der Waals surface area contributed by atoms with Crippen molar-refractivity contribution in [3.8, 4) is 0 Å². The number of halogens is 1. The second-order valence-electron chi connectivity index (χ2n) is 7.05. The van der Waals surface area contributed by atoms with Gasteiger partial charge in [-0.2, -0.15) is 0 Å². The standard InChI is InChI=1S/C21H17ClN6O2S/c1-2-9-27-19(30)14-5-3-4-6-16(14)28-20(27)25-26-21(28)31-11-17-23-15-10-12(22)7-8-13(15)18(29)24-17/h3-8,10H,2,9,11H2,1H3,(H,23,24,29). The van der Waals surface area contributed by atoms with E-state index < -0.39 is 0 Å². The van der Waals surface area contributed by atoms with E-state index in [-0.39, 0.29) is 11.1 Å². The van der Waals surface area contributed by atoms with Crippen LogP contribution in [0.3, 0.4) is 0 Å². The van der Waals surface area contributed by atoms with Gasteiger partial charge in [-0.15, -0.1) is 10.2 Å². The number of rotatable bonds is 5. The second kappa shape index (κ2) is 7.82. The minimum absolute atomic E-state index is 0.0775. The molecule has 0 amide bonds. The molecule has 5 rings (SSSR count). The first-order chi connectivity index (χ1) is 15.1. The van der Waals surface area contributed by atoms with Crippen molar-refractivity contribution in [3.05, 3.63) is 74.0 Å². The monoisotopic (exact) mass is 452 g/mol. The van der Waals surface area contributed by atoms with Crippen molar-refractivity contribution in [2.75, 3.05) is 0 Å². The highest BCUT2D eigenvalue weighted by molar-refractivity contribution is 7.98. The third-order valence-electron chi connectivity index (χ3n) is 4.98. The Morgan fingerprint density at radius 3 is 2.77 bits per heavy atom. The van der Waals surface area contributed by atoms with Crippen molar-refractivity contribution < 1.29 is 0 Å². The molecule has 0 saturated carbocycles. The smallest absolute Gasteiger partial charge is 0.262 e. The molecular formula is C21H17ClN6O2S. The fourth-order valence-corrected chi connectivity index (χ4v) is 4.59. The highest BCUT2D eigenvalue weighted by Crippen LogP contribution is 2.24. The van der Waals surface area contributed by atoms with E-state index in [0.29, 0.717) is 50.4 Å². The maximum atomic E-state index is 12.9. The zero-order valence-electron chi connectivity index (χ0n) is 16.5. The number of nitrogens with one attached hydrogen (secondary N) is 1. The molecule has 0 atom stereocenters. The number of aromatic amines is 1. The van der Waals surface area contributed by atoms with Crippen molar-refractivity contribution in [1.29, 1.82) is 0 Å². The van der Waals surface area contributed by atoms with Crippen LogP contribution in [0.4, 0.5) is 0 Å². The molecule has 0 radical (unpaired) electrons. The number of aryl methyl sites for hydroxylation is 1. The van der Waals surface area contributed by atoms with Gasteiger partial charge in [0, 0.05) is 11.6 Å². The van der Waals surface area contributed by atoms with E-state index in [1.807, 2.05) is 35.6 Å². The van der Waals surface area contributed by atoms with Crippen molar-refractivity contribution in [2.45, 2.75) is 30.8 Å². The third-order valence-corrected chi connectivity index (χ3v) is 6.16. The first-order valence-electron chi connectivity index (χ1n) is 9.74. The Bertz CT molecular complexity index is 1570. The Kier molecular flexibility index (Phi) is 4.99. The van der Waals surface area contributed by atoms with E-state index in [2.05, 4.69) is 20.2 Å². The zero-order valence-corrected chi connectivity index (χ0v) is 18.1. The third kappa shape index (κ3) is 3.39. The molecule has 10 heteroatoms. The van der Waals surface area contributed by atoms with E-state index >= 15 is 0 Å². The Balaban J connectivity index is 1.60. The average molecular weight is 453 g/mol. The molecule has 0 fully saturated rings. The molecule has 31 heavy (non-hydrogen) atoms. The fraction of sp³-hybridized carbons (Fsp3) is 0.190. The minimum Gasteiger partial charge on any atom is -0.309 e. The summed E-state index contributed by atoms with van der Waals surface area (Å²) in [6.07, 6.45) is 0.800. The fourth-order valence-electron chi connectivity index (χ4n) is 3.61. The number of fused-ring (bicyclic) bond motifs is 4. The summed E-state index contributed by atoms with van der Waals surface area (Å²) >= 11 is 7.44. The number of H-pyrrole nitrogens is 1. The summed E-state index contributed by atoms with van der Waals surface area (Å²) in [6.45, 7) is 2.56. The molecule has 0 unspecified atom stereocenters. The average Bonchev–Trinajstić information content (AvgIpc) is 3.19.